The van der Waals surface area contributed by atoms with Crippen molar-refractivity contribution in [3.8, 4) is 0 Å². The molecular formula is C21H27N3O. The third-order valence-electron chi connectivity index (χ3n) is 5.32. The topological polar surface area (TPSA) is 37.4 Å². The van der Waals surface area contributed by atoms with E-state index < -0.39 is 0 Å². The second kappa shape index (κ2) is 7.98. The molecule has 1 aromatic heterocycles. The van der Waals surface area contributed by atoms with Crippen LogP contribution >= 0.6 is 0 Å². The van der Waals surface area contributed by atoms with Crippen molar-refractivity contribution in [3.63, 3.8) is 0 Å². The molecule has 0 atom stereocenters. The Hall–Kier alpha value is -1.91. The molecule has 2 aliphatic rings. The van der Waals surface area contributed by atoms with E-state index in [0.717, 1.165) is 56.8 Å². The Morgan fingerprint density at radius 1 is 1.00 bits per heavy atom. The smallest absolute Gasteiger partial charge is 0.129 e. The van der Waals surface area contributed by atoms with Crippen molar-refractivity contribution >= 4 is 5.82 Å². The molecule has 4 heteroatoms. The average Bonchev–Trinajstić information content (AvgIpc) is 2.63. The molecule has 4 nitrogen and oxygen atoms in total. The molecule has 1 aliphatic heterocycles. The van der Waals surface area contributed by atoms with Crippen molar-refractivity contribution in [2.24, 2.45) is 0 Å². The van der Waals surface area contributed by atoms with E-state index in [1.54, 1.807) is 0 Å². The zero-order valence-corrected chi connectivity index (χ0v) is 14.8. The maximum absolute atomic E-state index is 5.42. The van der Waals surface area contributed by atoms with Gasteiger partial charge in [0.2, 0.25) is 0 Å². The van der Waals surface area contributed by atoms with Gasteiger partial charge in [0.05, 0.1) is 18.9 Å². The van der Waals surface area contributed by atoms with E-state index >= 15 is 0 Å². The van der Waals surface area contributed by atoms with E-state index in [4.69, 9.17) is 9.72 Å². The van der Waals surface area contributed by atoms with Gasteiger partial charge < -0.3 is 15.0 Å². The summed E-state index contributed by atoms with van der Waals surface area (Å²) >= 11 is 0. The number of nitrogens with one attached hydrogen (secondary N) is 1. The molecule has 2 aromatic rings. The first-order chi connectivity index (χ1) is 12.4. The highest BCUT2D eigenvalue weighted by Gasteiger charge is 2.18. The van der Waals surface area contributed by atoms with E-state index in [2.05, 4.69) is 52.7 Å². The minimum absolute atomic E-state index is 0.793. The first-order valence-electron chi connectivity index (χ1n) is 9.47. The minimum Gasteiger partial charge on any atom is -0.378 e. The van der Waals surface area contributed by atoms with E-state index in [1.807, 2.05) is 0 Å². The van der Waals surface area contributed by atoms with Gasteiger partial charge in [-0.1, -0.05) is 36.8 Å². The lowest BCUT2D eigenvalue weighted by atomic mass is 9.80. The monoisotopic (exact) mass is 337 g/mol. The molecule has 1 aromatic carbocycles. The second-order valence-electron chi connectivity index (χ2n) is 7.06. The van der Waals surface area contributed by atoms with Gasteiger partial charge in [0, 0.05) is 26.2 Å². The first kappa shape index (κ1) is 16.6. The molecule has 0 unspecified atom stereocenters. The summed E-state index contributed by atoms with van der Waals surface area (Å²) in [6.45, 7) is 5.12. The van der Waals surface area contributed by atoms with E-state index in [-0.39, 0.29) is 0 Å². The van der Waals surface area contributed by atoms with Crippen molar-refractivity contribution in [2.75, 3.05) is 31.2 Å². The largest absolute Gasteiger partial charge is 0.378 e. The number of nitrogens with zero attached hydrogens (tertiary/aromatic N) is 2. The van der Waals surface area contributed by atoms with E-state index in [9.17, 15) is 0 Å². The highest BCUT2D eigenvalue weighted by atomic mass is 16.5. The van der Waals surface area contributed by atoms with Gasteiger partial charge in [-0.15, -0.1) is 0 Å². The highest BCUT2D eigenvalue weighted by molar-refractivity contribution is 5.39. The Bertz CT molecular complexity index is 676. The molecule has 2 fully saturated rings. The summed E-state index contributed by atoms with van der Waals surface area (Å²) in [5, 5.41) is 3.52. The predicted octanol–water partition coefficient (Wildman–Crippen LogP) is 3.48. The van der Waals surface area contributed by atoms with Gasteiger partial charge in [0.15, 0.2) is 0 Å². The van der Waals surface area contributed by atoms with Crippen LogP contribution in [0.25, 0.3) is 0 Å². The fraction of sp³-hybridized carbons (Fsp3) is 0.476. The van der Waals surface area contributed by atoms with Crippen LogP contribution in [0.3, 0.4) is 0 Å². The molecule has 4 rings (SSSR count). The molecule has 1 saturated heterocycles. The van der Waals surface area contributed by atoms with Crippen LogP contribution in [0.5, 0.6) is 0 Å². The summed E-state index contributed by atoms with van der Waals surface area (Å²) in [4.78, 5) is 7.09. The molecule has 0 radical (unpaired) electrons. The lowest BCUT2D eigenvalue weighted by Crippen LogP contribution is -2.36. The van der Waals surface area contributed by atoms with Gasteiger partial charge in [-0.25, -0.2) is 4.98 Å². The van der Waals surface area contributed by atoms with Crippen molar-refractivity contribution in [2.45, 2.75) is 38.3 Å². The normalized spacial score (nSPS) is 18.2. The molecule has 0 amide bonds. The first-order valence-corrected chi connectivity index (χ1v) is 9.47. The maximum Gasteiger partial charge on any atom is 0.129 e. The van der Waals surface area contributed by atoms with Crippen LogP contribution in [-0.2, 0) is 17.8 Å². The van der Waals surface area contributed by atoms with Crippen molar-refractivity contribution < 1.29 is 4.74 Å². The molecule has 1 N–H and O–H groups in total. The average molecular weight is 337 g/mol. The fourth-order valence-electron chi connectivity index (χ4n) is 3.52. The number of hydrogen-bond acceptors (Lipinski definition) is 4. The van der Waals surface area contributed by atoms with Gasteiger partial charge in [-0.05, 0) is 42.0 Å². The molecule has 2 heterocycles. The Labute approximate surface area is 150 Å². The van der Waals surface area contributed by atoms with E-state index in [1.165, 1.54) is 30.4 Å². The molecule has 1 aliphatic carbocycles. The van der Waals surface area contributed by atoms with Crippen LogP contribution in [-0.4, -0.2) is 31.3 Å². The molecule has 0 spiro atoms. The predicted molar refractivity (Wildman–Crippen MR) is 101 cm³/mol. The second-order valence-corrected chi connectivity index (χ2v) is 7.06. The molecular weight excluding hydrogens is 310 g/mol. The Morgan fingerprint density at radius 3 is 2.52 bits per heavy atom. The fourth-order valence-corrected chi connectivity index (χ4v) is 3.52. The standard InChI is InChI=1S/C21H27N3O/c1-3-18(4-1)19-9-7-17(8-10-19)15-22-16-20-5-2-6-21(23-20)24-11-13-25-14-12-24/h2,5-10,18,22H,1,3-4,11-16H2. The summed E-state index contributed by atoms with van der Waals surface area (Å²) in [5.74, 6) is 1.88. The number of morpholine rings is 1. The zero-order valence-electron chi connectivity index (χ0n) is 14.8. The Balaban J connectivity index is 1.29. The number of aromatic nitrogens is 1. The summed E-state index contributed by atoms with van der Waals surface area (Å²) in [6, 6.07) is 15.4. The minimum atomic E-state index is 0.793. The number of ether oxygens (including phenoxy) is 1. The Morgan fingerprint density at radius 2 is 1.80 bits per heavy atom. The summed E-state index contributed by atoms with van der Waals surface area (Å²) in [6.07, 6.45) is 4.12. The Kier molecular flexibility index (Phi) is 5.28. The lowest BCUT2D eigenvalue weighted by Gasteiger charge is -2.28. The highest BCUT2D eigenvalue weighted by Crippen LogP contribution is 2.36. The lowest BCUT2D eigenvalue weighted by molar-refractivity contribution is 0.122. The number of hydrogen-bond donors (Lipinski definition) is 1. The maximum atomic E-state index is 5.42. The van der Waals surface area contributed by atoms with Crippen LogP contribution in [0.2, 0.25) is 0 Å². The molecule has 132 valence electrons. The van der Waals surface area contributed by atoms with Crippen LogP contribution in [0.1, 0.15) is 42.0 Å². The summed E-state index contributed by atoms with van der Waals surface area (Å²) in [5.41, 5.74) is 3.94. The van der Waals surface area contributed by atoms with Crippen molar-refractivity contribution in [1.82, 2.24) is 10.3 Å². The molecule has 0 bridgehead atoms. The summed E-state index contributed by atoms with van der Waals surface area (Å²) in [7, 11) is 0. The van der Waals surface area contributed by atoms with Gasteiger partial charge in [-0.3, -0.25) is 0 Å². The van der Waals surface area contributed by atoms with Crippen LogP contribution in [0.4, 0.5) is 5.82 Å². The van der Waals surface area contributed by atoms with Gasteiger partial charge in [0.1, 0.15) is 5.82 Å². The third kappa shape index (κ3) is 4.20. The number of pyridine rings is 1. The van der Waals surface area contributed by atoms with Crippen molar-refractivity contribution in [1.29, 1.82) is 0 Å². The number of anilines is 1. The van der Waals surface area contributed by atoms with Gasteiger partial charge in [0.25, 0.3) is 0 Å². The van der Waals surface area contributed by atoms with Gasteiger partial charge >= 0.3 is 0 Å². The molecule has 25 heavy (non-hydrogen) atoms. The SMILES string of the molecule is c1cc(CNCc2ccc(C3CCC3)cc2)nc(N2CCOCC2)c1. The van der Waals surface area contributed by atoms with Gasteiger partial charge in [-0.2, -0.15) is 0 Å². The quantitative estimate of drug-likeness (QED) is 0.876. The zero-order chi connectivity index (χ0) is 16.9. The van der Waals surface area contributed by atoms with E-state index in [0.29, 0.717) is 0 Å². The van der Waals surface area contributed by atoms with Crippen molar-refractivity contribution in [3.05, 3.63) is 59.3 Å². The van der Waals surface area contributed by atoms with Crippen LogP contribution in [0.15, 0.2) is 42.5 Å². The summed E-state index contributed by atoms with van der Waals surface area (Å²) < 4.78 is 5.42. The molecule has 1 saturated carbocycles. The third-order valence-corrected chi connectivity index (χ3v) is 5.32. The number of benzene rings is 1. The van der Waals surface area contributed by atoms with Crippen LogP contribution < -0.4 is 10.2 Å². The number of rotatable bonds is 6. The van der Waals surface area contributed by atoms with Crippen LogP contribution in [0, 0.1) is 0 Å².